The lowest BCUT2D eigenvalue weighted by atomic mass is 10.1. The molecule has 1 aromatic heterocycles. The van der Waals surface area contributed by atoms with Gasteiger partial charge in [-0.05, 0) is 24.6 Å². The number of aromatic nitrogens is 2. The Morgan fingerprint density at radius 3 is 2.84 bits per heavy atom. The molecule has 0 unspecified atom stereocenters. The van der Waals surface area contributed by atoms with Crippen LogP contribution in [0.2, 0.25) is 0 Å². The van der Waals surface area contributed by atoms with E-state index in [1.54, 1.807) is 18.6 Å². The number of hydrogen-bond acceptors (Lipinski definition) is 3. The number of anilines is 1. The van der Waals surface area contributed by atoms with Gasteiger partial charge in [-0.25, -0.2) is 17.8 Å². The SMILES string of the molecule is CCS(=O)(=O)Nc1cc(Cc2c[nH]cn2)ccc1F. The van der Waals surface area contributed by atoms with Gasteiger partial charge in [0.05, 0.1) is 23.5 Å². The summed E-state index contributed by atoms with van der Waals surface area (Å²) in [4.78, 5) is 6.89. The molecule has 0 amide bonds. The molecule has 2 N–H and O–H groups in total. The summed E-state index contributed by atoms with van der Waals surface area (Å²) >= 11 is 0. The third kappa shape index (κ3) is 3.54. The number of nitrogens with one attached hydrogen (secondary N) is 2. The lowest BCUT2D eigenvalue weighted by molar-refractivity contribution is 0.599. The van der Waals surface area contributed by atoms with Crippen LogP contribution in [0.5, 0.6) is 0 Å². The third-order valence-corrected chi connectivity index (χ3v) is 3.91. The van der Waals surface area contributed by atoms with Crippen LogP contribution in [0.15, 0.2) is 30.7 Å². The fraction of sp³-hybridized carbons (Fsp3) is 0.250. The maximum atomic E-state index is 13.6. The van der Waals surface area contributed by atoms with Gasteiger partial charge in [-0.2, -0.15) is 0 Å². The summed E-state index contributed by atoms with van der Waals surface area (Å²) < 4.78 is 38.7. The summed E-state index contributed by atoms with van der Waals surface area (Å²) in [5.41, 5.74) is 1.55. The Hall–Kier alpha value is -1.89. The zero-order valence-corrected chi connectivity index (χ0v) is 11.2. The number of H-pyrrole nitrogens is 1. The Morgan fingerprint density at radius 2 is 2.21 bits per heavy atom. The molecule has 1 heterocycles. The summed E-state index contributed by atoms with van der Waals surface area (Å²) in [6.07, 6.45) is 3.80. The number of aromatic amines is 1. The lowest BCUT2D eigenvalue weighted by Crippen LogP contribution is -2.15. The largest absolute Gasteiger partial charge is 0.351 e. The van der Waals surface area contributed by atoms with Crippen molar-refractivity contribution in [2.24, 2.45) is 0 Å². The molecule has 0 aliphatic heterocycles. The van der Waals surface area contributed by atoms with Crippen LogP contribution in [0.25, 0.3) is 0 Å². The topological polar surface area (TPSA) is 74.8 Å². The summed E-state index contributed by atoms with van der Waals surface area (Å²) in [5, 5.41) is 0. The average Bonchev–Trinajstić information content (AvgIpc) is 2.86. The summed E-state index contributed by atoms with van der Waals surface area (Å²) in [6.45, 7) is 1.49. The molecule has 0 radical (unpaired) electrons. The molecule has 0 atom stereocenters. The minimum atomic E-state index is -3.49. The highest BCUT2D eigenvalue weighted by molar-refractivity contribution is 7.92. The number of sulfonamides is 1. The van der Waals surface area contributed by atoms with Crippen molar-refractivity contribution in [1.82, 2.24) is 9.97 Å². The molecule has 5 nitrogen and oxygen atoms in total. The van der Waals surface area contributed by atoms with Gasteiger partial charge in [-0.15, -0.1) is 0 Å². The van der Waals surface area contributed by atoms with Crippen molar-refractivity contribution in [1.29, 1.82) is 0 Å². The van der Waals surface area contributed by atoms with Crippen LogP contribution in [-0.4, -0.2) is 24.1 Å². The van der Waals surface area contributed by atoms with Gasteiger partial charge >= 0.3 is 0 Å². The third-order valence-electron chi connectivity index (χ3n) is 2.62. The van der Waals surface area contributed by atoms with Crippen molar-refractivity contribution < 1.29 is 12.8 Å². The molecule has 1 aromatic carbocycles. The maximum absolute atomic E-state index is 13.6. The summed E-state index contributed by atoms with van der Waals surface area (Å²) in [5.74, 6) is -0.696. The van der Waals surface area contributed by atoms with Crippen LogP contribution < -0.4 is 4.72 Å². The van der Waals surface area contributed by atoms with Crippen LogP contribution in [-0.2, 0) is 16.4 Å². The first-order valence-electron chi connectivity index (χ1n) is 5.77. The van der Waals surface area contributed by atoms with Crippen LogP contribution >= 0.6 is 0 Å². The zero-order chi connectivity index (χ0) is 13.9. The number of rotatable bonds is 5. The maximum Gasteiger partial charge on any atom is 0.232 e. The molecule has 0 saturated carbocycles. The predicted octanol–water partition coefficient (Wildman–Crippen LogP) is 1.90. The van der Waals surface area contributed by atoms with Crippen molar-refractivity contribution in [2.75, 3.05) is 10.5 Å². The zero-order valence-electron chi connectivity index (χ0n) is 10.4. The molecule has 2 rings (SSSR count). The van der Waals surface area contributed by atoms with Crippen LogP contribution in [0, 0.1) is 5.82 Å². The number of nitrogens with zero attached hydrogens (tertiary/aromatic N) is 1. The molecule has 0 bridgehead atoms. The highest BCUT2D eigenvalue weighted by Gasteiger charge is 2.11. The first-order chi connectivity index (χ1) is 9.00. The van der Waals surface area contributed by atoms with Crippen LogP contribution in [0.1, 0.15) is 18.2 Å². The van der Waals surface area contributed by atoms with Crippen molar-refractivity contribution >= 4 is 15.7 Å². The second-order valence-corrected chi connectivity index (χ2v) is 6.07. The quantitative estimate of drug-likeness (QED) is 0.880. The van der Waals surface area contributed by atoms with E-state index in [0.29, 0.717) is 6.42 Å². The Balaban J connectivity index is 2.24. The molecule has 0 saturated heterocycles. The molecule has 7 heteroatoms. The second-order valence-electron chi connectivity index (χ2n) is 4.06. The smallest absolute Gasteiger partial charge is 0.232 e. The van der Waals surface area contributed by atoms with E-state index in [1.807, 2.05) is 0 Å². The monoisotopic (exact) mass is 283 g/mol. The van der Waals surface area contributed by atoms with E-state index in [4.69, 9.17) is 0 Å². The van der Waals surface area contributed by atoms with Gasteiger partial charge in [-0.1, -0.05) is 6.07 Å². The number of hydrogen-bond donors (Lipinski definition) is 2. The lowest BCUT2D eigenvalue weighted by Gasteiger charge is -2.08. The van der Waals surface area contributed by atoms with E-state index in [-0.39, 0.29) is 11.4 Å². The van der Waals surface area contributed by atoms with Gasteiger partial charge in [0.1, 0.15) is 5.82 Å². The van der Waals surface area contributed by atoms with E-state index in [0.717, 1.165) is 11.3 Å². The molecule has 2 aromatic rings. The van der Waals surface area contributed by atoms with Crippen LogP contribution in [0.3, 0.4) is 0 Å². The van der Waals surface area contributed by atoms with Gasteiger partial charge in [0, 0.05) is 12.6 Å². The normalized spacial score (nSPS) is 11.5. The molecule has 102 valence electrons. The Kier molecular flexibility index (Phi) is 3.84. The molecular weight excluding hydrogens is 269 g/mol. The number of imidazole rings is 1. The van der Waals surface area contributed by atoms with Gasteiger partial charge in [0.15, 0.2) is 0 Å². The minimum Gasteiger partial charge on any atom is -0.351 e. The molecule has 19 heavy (non-hydrogen) atoms. The van der Waals surface area contributed by atoms with E-state index < -0.39 is 15.8 Å². The molecule has 0 spiro atoms. The molecule has 0 aliphatic carbocycles. The molecule has 0 fully saturated rings. The van der Waals surface area contributed by atoms with E-state index in [2.05, 4.69) is 14.7 Å². The Labute approximate surface area is 110 Å². The summed E-state index contributed by atoms with van der Waals surface area (Å²) in [6, 6.07) is 4.33. The minimum absolute atomic E-state index is 0.0325. The summed E-state index contributed by atoms with van der Waals surface area (Å²) in [7, 11) is -3.49. The fourth-order valence-electron chi connectivity index (χ4n) is 1.60. The Bertz CT molecular complexity index is 654. The number of halogens is 1. The van der Waals surface area contributed by atoms with Crippen molar-refractivity contribution in [3.8, 4) is 0 Å². The van der Waals surface area contributed by atoms with Gasteiger partial charge < -0.3 is 4.98 Å². The molecular formula is C12H14FN3O2S. The predicted molar refractivity (Wildman–Crippen MR) is 70.9 cm³/mol. The van der Waals surface area contributed by atoms with Gasteiger partial charge in [-0.3, -0.25) is 4.72 Å². The fourth-order valence-corrected chi connectivity index (χ4v) is 2.23. The van der Waals surface area contributed by atoms with E-state index >= 15 is 0 Å². The van der Waals surface area contributed by atoms with Crippen LogP contribution in [0.4, 0.5) is 10.1 Å². The second kappa shape index (κ2) is 5.40. The standard InChI is InChI=1S/C12H14FN3O2S/c1-2-19(17,18)16-12-6-9(3-4-11(12)13)5-10-7-14-8-15-10/h3-4,6-8,16H,2,5H2,1H3,(H,14,15). The average molecular weight is 283 g/mol. The van der Waals surface area contributed by atoms with E-state index in [1.165, 1.54) is 19.1 Å². The van der Waals surface area contributed by atoms with Crippen molar-refractivity contribution in [2.45, 2.75) is 13.3 Å². The van der Waals surface area contributed by atoms with Gasteiger partial charge in [0.25, 0.3) is 0 Å². The highest BCUT2D eigenvalue weighted by Crippen LogP contribution is 2.19. The van der Waals surface area contributed by atoms with Gasteiger partial charge in [0.2, 0.25) is 10.0 Å². The highest BCUT2D eigenvalue weighted by atomic mass is 32.2. The molecule has 0 aliphatic rings. The number of benzene rings is 1. The first-order valence-corrected chi connectivity index (χ1v) is 7.42. The first kappa shape index (κ1) is 13.5. The van der Waals surface area contributed by atoms with Crippen molar-refractivity contribution in [3.05, 3.63) is 47.8 Å². The van der Waals surface area contributed by atoms with E-state index in [9.17, 15) is 12.8 Å². The Morgan fingerprint density at radius 1 is 1.42 bits per heavy atom. The van der Waals surface area contributed by atoms with Crippen molar-refractivity contribution in [3.63, 3.8) is 0 Å².